The number of halogens is 6. The maximum absolute atomic E-state index is 12.3. The van der Waals surface area contributed by atoms with Crippen molar-refractivity contribution in [1.29, 1.82) is 0 Å². The number of rotatable bonds is 7. The van der Waals surface area contributed by atoms with E-state index in [1.165, 1.54) is 12.3 Å². The summed E-state index contributed by atoms with van der Waals surface area (Å²) >= 11 is 0. The number of ether oxygens (including phenoxy) is 1. The molecule has 0 aliphatic carbocycles. The summed E-state index contributed by atoms with van der Waals surface area (Å²) in [7, 11) is 0. The van der Waals surface area contributed by atoms with Gasteiger partial charge in [-0.15, -0.1) is 0 Å². The van der Waals surface area contributed by atoms with Crippen LogP contribution >= 0.6 is 0 Å². The molecule has 0 aliphatic rings. The van der Waals surface area contributed by atoms with Crippen LogP contribution in [-0.4, -0.2) is 25.0 Å². The van der Waals surface area contributed by atoms with Crippen LogP contribution in [0, 0.1) is 0 Å². The van der Waals surface area contributed by atoms with Crippen molar-refractivity contribution >= 4 is 0 Å². The van der Waals surface area contributed by atoms with Crippen LogP contribution in [0.15, 0.2) is 16.7 Å². The van der Waals surface area contributed by atoms with Gasteiger partial charge in [0.05, 0.1) is 19.4 Å². The van der Waals surface area contributed by atoms with Gasteiger partial charge in [-0.05, 0) is 19.0 Å². The quantitative estimate of drug-likeness (QED) is 0.613. The fraction of sp³-hybridized carbons (Fsp3) is 0.667. The van der Waals surface area contributed by atoms with Gasteiger partial charge in [0.2, 0.25) is 6.10 Å². The third-order valence-corrected chi connectivity index (χ3v) is 2.55. The van der Waals surface area contributed by atoms with Crippen LogP contribution in [-0.2, 0) is 17.9 Å². The van der Waals surface area contributed by atoms with E-state index in [-0.39, 0.29) is 17.9 Å². The summed E-state index contributed by atoms with van der Waals surface area (Å²) < 4.78 is 82.9. The molecule has 1 N–H and O–H groups in total. The number of alkyl halides is 6. The van der Waals surface area contributed by atoms with E-state index in [1.807, 2.05) is 6.92 Å². The number of hydrogen-bond donors (Lipinski definition) is 1. The lowest BCUT2D eigenvalue weighted by Crippen LogP contribution is -2.44. The molecule has 122 valence electrons. The minimum atomic E-state index is -5.51. The molecule has 9 heteroatoms. The van der Waals surface area contributed by atoms with Crippen LogP contribution in [0.5, 0.6) is 0 Å². The van der Waals surface area contributed by atoms with Crippen molar-refractivity contribution in [1.82, 2.24) is 5.32 Å². The van der Waals surface area contributed by atoms with E-state index in [4.69, 9.17) is 4.42 Å². The average molecular weight is 319 g/mol. The van der Waals surface area contributed by atoms with Crippen molar-refractivity contribution in [2.24, 2.45) is 0 Å². The zero-order valence-corrected chi connectivity index (χ0v) is 11.1. The van der Waals surface area contributed by atoms with Crippen LogP contribution in [0.25, 0.3) is 0 Å². The second kappa shape index (κ2) is 7.17. The molecule has 0 saturated carbocycles. The van der Waals surface area contributed by atoms with Crippen LogP contribution < -0.4 is 5.32 Å². The van der Waals surface area contributed by atoms with Crippen molar-refractivity contribution < 1.29 is 35.5 Å². The van der Waals surface area contributed by atoms with E-state index in [0.717, 1.165) is 6.42 Å². The van der Waals surface area contributed by atoms with Gasteiger partial charge in [-0.2, -0.15) is 26.3 Å². The first-order valence-corrected chi connectivity index (χ1v) is 6.17. The molecule has 0 bridgehead atoms. The third-order valence-electron chi connectivity index (χ3n) is 2.55. The molecule has 0 spiro atoms. The molecule has 0 amide bonds. The minimum Gasteiger partial charge on any atom is -0.468 e. The molecule has 1 heterocycles. The summed E-state index contributed by atoms with van der Waals surface area (Å²) in [6.07, 6.45) is -12.8. The van der Waals surface area contributed by atoms with E-state index in [2.05, 4.69) is 10.1 Å². The van der Waals surface area contributed by atoms with Gasteiger partial charge in [-0.1, -0.05) is 6.92 Å². The van der Waals surface area contributed by atoms with Gasteiger partial charge in [0.15, 0.2) is 0 Å². The van der Waals surface area contributed by atoms with E-state index in [1.54, 1.807) is 0 Å². The highest BCUT2D eigenvalue weighted by atomic mass is 19.4. The second-order valence-corrected chi connectivity index (χ2v) is 4.32. The molecule has 0 atom stereocenters. The van der Waals surface area contributed by atoms with Crippen molar-refractivity contribution in [3.8, 4) is 0 Å². The van der Waals surface area contributed by atoms with E-state index in [9.17, 15) is 26.3 Å². The third kappa shape index (κ3) is 5.58. The Morgan fingerprint density at radius 2 is 1.81 bits per heavy atom. The molecular weight excluding hydrogens is 304 g/mol. The highest BCUT2D eigenvalue weighted by Crippen LogP contribution is 2.36. The Hall–Kier alpha value is -1.22. The van der Waals surface area contributed by atoms with E-state index >= 15 is 0 Å². The Labute approximate surface area is 117 Å². The lowest BCUT2D eigenvalue weighted by atomic mass is 10.2. The number of nitrogens with one attached hydrogen (secondary N) is 1. The van der Waals surface area contributed by atoms with Crippen molar-refractivity contribution in [2.75, 3.05) is 6.54 Å². The van der Waals surface area contributed by atoms with Crippen LogP contribution in [0.3, 0.4) is 0 Å². The SMILES string of the molecule is CCCNCc1occc1COC(C(F)(F)F)C(F)(F)F. The fourth-order valence-electron chi connectivity index (χ4n) is 1.58. The zero-order chi connectivity index (χ0) is 16.1. The lowest BCUT2D eigenvalue weighted by molar-refractivity contribution is -0.324. The maximum atomic E-state index is 12.3. The zero-order valence-electron chi connectivity index (χ0n) is 11.1. The van der Waals surface area contributed by atoms with Gasteiger partial charge in [0.25, 0.3) is 0 Å². The molecule has 0 radical (unpaired) electrons. The second-order valence-electron chi connectivity index (χ2n) is 4.32. The molecule has 0 unspecified atom stereocenters. The molecule has 1 aromatic rings. The molecule has 3 nitrogen and oxygen atoms in total. The van der Waals surface area contributed by atoms with Gasteiger partial charge >= 0.3 is 12.4 Å². The van der Waals surface area contributed by atoms with Gasteiger partial charge < -0.3 is 14.5 Å². The molecule has 0 aromatic carbocycles. The summed E-state index contributed by atoms with van der Waals surface area (Å²) in [4.78, 5) is 0. The van der Waals surface area contributed by atoms with Crippen LogP contribution in [0.4, 0.5) is 26.3 Å². The standard InChI is InChI=1S/C12H15F6NO2/c1-2-4-19-6-9-8(3-5-20-9)7-21-10(11(13,14)15)12(16,17)18/h3,5,10,19H,2,4,6-7H2,1H3. The van der Waals surface area contributed by atoms with Crippen molar-refractivity contribution in [2.45, 2.75) is 45.0 Å². The molecule has 0 aliphatic heterocycles. The van der Waals surface area contributed by atoms with Crippen LogP contribution in [0.1, 0.15) is 24.7 Å². The smallest absolute Gasteiger partial charge is 0.423 e. The summed E-state index contributed by atoms with van der Waals surface area (Å²) in [5, 5.41) is 2.93. The highest BCUT2D eigenvalue weighted by molar-refractivity contribution is 5.16. The predicted molar refractivity (Wildman–Crippen MR) is 61.4 cm³/mol. The summed E-state index contributed by atoms with van der Waals surface area (Å²) in [6, 6.07) is 1.28. The van der Waals surface area contributed by atoms with E-state index in [0.29, 0.717) is 6.54 Å². The van der Waals surface area contributed by atoms with Crippen LogP contribution in [0.2, 0.25) is 0 Å². The molecule has 1 aromatic heterocycles. The van der Waals surface area contributed by atoms with Crippen molar-refractivity contribution in [3.05, 3.63) is 23.7 Å². The van der Waals surface area contributed by atoms with Gasteiger partial charge in [0.1, 0.15) is 5.76 Å². The predicted octanol–water partition coefficient (Wildman–Crippen LogP) is 3.79. The number of furan rings is 1. The fourth-order valence-corrected chi connectivity index (χ4v) is 1.58. The Bertz CT molecular complexity index is 412. The van der Waals surface area contributed by atoms with Gasteiger partial charge in [0, 0.05) is 5.56 Å². The Kier molecular flexibility index (Phi) is 6.09. The summed E-state index contributed by atoms with van der Waals surface area (Å²) in [5.74, 6) is 0.256. The largest absolute Gasteiger partial charge is 0.468 e. The normalized spacial score (nSPS) is 13.1. The minimum absolute atomic E-state index is 0.150. The Balaban J connectivity index is 2.67. The molecule has 0 fully saturated rings. The average Bonchev–Trinajstić information content (AvgIpc) is 2.74. The Morgan fingerprint density at radius 1 is 1.19 bits per heavy atom. The molecule has 0 saturated heterocycles. The topological polar surface area (TPSA) is 34.4 Å². The first-order valence-electron chi connectivity index (χ1n) is 6.17. The molecular formula is C12H15F6NO2. The first-order chi connectivity index (χ1) is 9.66. The lowest BCUT2D eigenvalue weighted by Gasteiger charge is -2.23. The maximum Gasteiger partial charge on any atom is 0.423 e. The van der Waals surface area contributed by atoms with E-state index < -0.39 is 25.1 Å². The summed E-state index contributed by atoms with van der Waals surface area (Å²) in [5.41, 5.74) is 0.150. The Morgan fingerprint density at radius 3 is 2.33 bits per heavy atom. The first kappa shape index (κ1) is 17.8. The van der Waals surface area contributed by atoms with Crippen molar-refractivity contribution in [3.63, 3.8) is 0 Å². The highest BCUT2D eigenvalue weighted by Gasteiger charge is 2.58. The van der Waals surface area contributed by atoms with Gasteiger partial charge in [-0.25, -0.2) is 0 Å². The number of hydrogen-bond acceptors (Lipinski definition) is 3. The molecule has 1 rings (SSSR count). The summed E-state index contributed by atoms with van der Waals surface area (Å²) in [6.45, 7) is 1.94. The monoisotopic (exact) mass is 319 g/mol. The van der Waals surface area contributed by atoms with Gasteiger partial charge in [-0.3, -0.25) is 0 Å². The molecule has 21 heavy (non-hydrogen) atoms.